The monoisotopic (exact) mass is 189 g/mol. The first-order chi connectivity index (χ1) is 5.83. The van der Waals surface area contributed by atoms with Gasteiger partial charge < -0.3 is 0 Å². The molecule has 3 heteroatoms. The Morgan fingerprint density at radius 2 is 2.00 bits per heavy atom. The molecular formula is C9H18O2P+. The Morgan fingerprint density at radius 1 is 1.33 bits per heavy atom. The molecule has 1 saturated carbocycles. The van der Waals surface area contributed by atoms with Crippen LogP contribution in [0.15, 0.2) is 0 Å². The third kappa shape index (κ3) is 3.64. The van der Waals surface area contributed by atoms with Gasteiger partial charge in [-0.15, -0.1) is 4.52 Å². The van der Waals surface area contributed by atoms with Gasteiger partial charge in [0.15, 0.2) is 6.16 Å². The van der Waals surface area contributed by atoms with Gasteiger partial charge in [-0.3, -0.25) is 0 Å². The van der Waals surface area contributed by atoms with Gasteiger partial charge in [0, 0.05) is 5.92 Å². The Hall–Kier alpha value is 0.0600. The molecule has 0 N–H and O–H groups in total. The van der Waals surface area contributed by atoms with E-state index in [1.807, 2.05) is 6.92 Å². The molecule has 0 radical (unpaired) electrons. The van der Waals surface area contributed by atoms with Crippen molar-refractivity contribution in [2.24, 2.45) is 5.92 Å². The van der Waals surface area contributed by atoms with Crippen LogP contribution in [0.2, 0.25) is 0 Å². The van der Waals surface area contributed by atoms with Crippen LogP contribution in [-0.4, -0.2) is 12.8 Å². The van der Waals surface area contributed by atoms with E-state index in [1.165, 1.54) is 32.1 Å². The van der Waals surface area contributed by atoms with Crippen LogP contribution in [0.1, 0.15) is 39.0 Å². The second-order valence-electron chi connectivity index (χ2n) is 3.44. The van der Waals surface area contributed by atoms with Gasteiger partial charge in [0.05, 0.1) is 6.61 Å². The van der Waals surface area contributed by atoms with Crippen molar-refractivity contribution in [1.29, 1.82) is 0 Å². The van der Waals surface area contributed by atoms with Crippen LogP contribution in [0.25, 0.3) is 0 Å². The molecule has 1 unspecified atom stereocenters. The number of hydrogen-bond acceptors (Lipinski definition) is 2. The first kappa shape index (κ1) is 10.1. The second-order valence-corrected chi connectivity index (χ2v) is 4.73. The molecule has 1 aliphatic carbocycles. The summed E-state index contributed by atoms with van der Waals surface area (Å²) in [6.07, 6.45) is 7.31. The highest BCUT2D eigenvalue weighted by atomic mass is 31.1. The van der Waals surface area contributed by atoms with Crippen molar-refractivity contribution in [2.45, 2.75) is 39.0 Å². The lowest BCUT2D eigenvalue weighted by atomic mass is 9.91. The van der Waals surface area contributed by atoms with Gasteiger partial charge in [0.25, 0.3) is 0 Å². The van der Waals surface area contributed by atoms with Crippen molar-refractivity contribution in [3.63, 3.8) is 0 Å². The Bertz CT molecular complexity index is 141. The quantitative estimate of drug-likeness (QED) is 0.634. The molecule has 0 heterocycles. The molecule has 12 heavy (non-hydrogen) atoms. The first-order valence-electron chi connectivity index (χ1n) is 4.90. The van der Waals surface area contributed by atoms with Crippen molar-refractivity contribution in [3.8, 4) is 0 Å². The second kappa shape index (κ2) is 5.66. The van der Waals surface area contributed by atoms with Crippen molar-refractivity contribution in [3.05, 3.63) is 0 Å². The van der Waals surface area contributed by atoms with E-state index in [0.717, 1.165) is 6.16 Å². The van der Waals surface area contributed by atoms with Gasteiger partial charge in [-0.25, -0.2) is 0 Å². The third-order valence-corrected chi connectivity index (χ3v) is 3.77. The van der Waals surface area contributed by atoms with Gasteiger partial charge in [-0.2, -0.15) is 0 Å². The van der Waals surface area contributed by atoms with Crippen LogP contribution in [0.5, 0.6) is 0 Å². The van der Waals surface area contributed by atoms with E-state index in [1.54, 1.807) is 0 Å². The molecule has 0 aromatic carbocycles. The summed E-state index contributed by atoms with van der Waals surface area (Å²) in [5.74, 6) is 0.675. The van der Waals surface area contributed by atoms with Crippen molar-refractivity contribution < 1.29 is 9.09 Å². The predicted molar refractivity (Wildman–Crippen MR) is 50.7 cm³/mol. The Kier molecular flexibility index (Phi) is 4.79. The highest BCUT2D eigenvalue weighted by Crippen LogP contribution is 2.33. The van der Waals surface area contributed by atoms with Crippen molar-refractivity contribution in [1.82, 2.24) is 0 Å². The van der Waals surface area contributed by atoms with E-state index in [-0.39, 0.29) is 0 Å². The van der Waals surface area contributed by atoms with Gasteiger partial charge in [-0.1, -0.05) is 19.3 Å². The van der Waals surface area contributed by atoms with E-state index in [0.29, 0.717) is 12.5 Å². The fourth-order valence-corrected chi connectivity index (χ4v) is 2.96. The molecule has 0 amide bonds. The topological polar surface area (TPSA) is 26.3 Å². The summed E-state index contributed by atoms with van der Waals surface area (Å²) >= 11 is 0. The largest absolute Gasteiger partial charge is 0.508 e. The minimum Gasteiger partial charge on any atom is -0.147 e. The minimum atomic E-state index is -1.35. The molecule has 1 aliphatic rings. The summed E-state index contributed by atoms with van der Waals surface area (Å²) in [5.41, 5.74) is 0. The molecule has 70 valence electrons. The highest BCUT2D eigenvalue weighted by molar-refractivity contribution is 7.39. The van der Waals surface area contributed by atoms with Gasteiger partial charge in [0.1, 0.15) is 0 Å². The molecule has 2 nitrogen and oxygen atoms in total. The molecular weight excluding hydrogens is 171 g/mol. The van der Waals surface area contributed by atoms with Gasteiger partial charge in [-0.05, 0) is 24.3 Å². The van der Waals surface area contributed by atoms with E-state index >= 15 is 0 Å². The Labute approximate surface area is 75.6 Å². The average Bonchev–Trinajstić information content (AvgIpc) is 2.06. The maximum atomic E-state index is 11.2. The molecule has 1 atom stereocenters. The van der Waals surface area contributed by atoms with Crippen molar-refractivity contribution in [2.75, 3.05) is 12.8 Å². The number of hydrogen-bond donors (Lipinski definition) is 0. The molecule has 0 aliphatic heterocycles. The zero-order chi connectivity index (χ0) is 8.81. The maximum Gasteiger partial charge on any atom is 0.508 e. The smallest absolute Gasteiger partial charge is 0.147 e. The lowest BCUT2D eigenvalue weighted by Crippen LogP contribution is -2.08. The van der Waals surface area contributed by atoms with Gasteiger partial charge in [0.2, 0.25) is 0 Å². The van der Waals surface area contributed by atoms with E-state index in [9.17, 15) is 4.57 Å². The average molecular weight is 189 g/mol. The fourth-order valence-electron chi connectivity index (χ4n) is 1.78. The zero-order valence-corrected chi connectivity index (χ0v) is 8.69. The zero-order valence-electron chi connectivity index (χ0n) is 7.79. The lowest BCUT2D eigenvalue weighted by Gasteiger charge is -2.16. The Balaban J connectivity index is 2.15. The molecule has 0 spiro atoms. The van der Waals surface area contributed by atoms with Crippen LogP contribution >= 0.6 is 8.03 Å². The number of rotatable bonds is 4. The molecule has 0 aromatic rings. The summed E-state index contributed by atoms with van der Waals surface area (Å²) < 4.78 is 16.3. The first-order valence-corrected chi connectivity index (χ1v) is 6.26. The van der Waals surface area contributed by atoms with Crippen LogP contribution in [-0.2, 0) is 9.09 Å². The fraction of sp³-hybridized carbons (Fsp3) is 1.00. The van der Waals surface area contributed by atoms with E-state index in [4.69, 9.17) is 4.52 Å². The molecule has 0 saturated heterocycles. The summed E-state index contributed by atoms with van der Waals surface area (Å²) in [4.78, 5) is 0. The summed E-state index contributed by atoms with van der Waals surface area (Å²) in [7, 11) is -1.35. The molecule has 0 aromatic heterocycles. The highest BCUT2D eigenvalue weighted by Gasteiger charge is 2.25. The summed E-state index contributed by atoms with van der Waals surface area (Å²) in [6, 6.07) is 0. The SMILES string of the molecule is CCO[P+](=O)CC1CCCCC1. The Morgan fingerprint density at radius 3 is 2.58 bits per heavy atom. The summed E-state index contributed by atoms with van der Waals surface area (Å²) in [5, 5.41) is 0. The molecule has 0 bridgehead atoms. The predicted octanol–water partition coefficient (Wildman–Crippen LogP) is 3.35. The van der Waals surface area contributed by atoms with E-state index < -0.39 is 8.03 Å². The van der Waals surface area contributed by atoms with Crippen LogP contribution in [0, 0.1) is 5.92 Å². The molecule has 1 fully saturated rings. The van der Waals surface area contributed by atoms with Crippen LogP contribution in [0.4, 0.5) is 0 Å². The van der Waals surface area contributed by atoms with Gasteiger partial charge >= 0.3 is 8.03 Å². The van der Waals surface area contributed by atoms with Crippen LogP contribution < -0.4 is 0 Å². The minimum absolute atomic E-state index is 0.585. The lowest BCUT2D eigenvalue weighted by molar-refractivity contribution is 0.331. The standard InChI is InChI=1S/C9H18O2P/c1-2-11-12(10)8-9-6-4-3-5-7-9/h9H,2-8H2,1H3/q+1. The van der Waals surface area contributed by atoms with Crippen LogP contribution in [0.3, 0.4) is 0 Å². The van der Waals surface area contributed by atoms with E-state index in [2.05, 4.69) is 0 Å². The summed E-state index contributed by atoms with van der Waals surface area (Å²) in [6.45, 7) is 2.48. The van der Waals surface area contributed by atoms with Crippen molar-refractivity contribution >= 4 is 8.03 Å². The third-order valence-electron chi connectivity index (χ3n) is 2.41. The maximum absolute atomic E-state index is 11.2. The molecule has 1 rings (SSSR count). The normalized spacial score (nSPS) is 20.9.